The summed E-state index contributed by atoms with van der Waals surface area (Å²) < 4.78 is 7.19. The third-order valence-corrected chi connectivity index (χ3v) is 2.22. The van der Waals surface area contributed by atoms with E-state index in [9.17, 15) is 0 Å². The van der Waals surface area contributed by atoms with Crippen molar-refractivity contribution >= 4 is 5.69 Å². The van der Waals surface area contributed by atoms with Crippen molar-refractivity contribution in [2.24, 2.45) is 0 Å². The average molecular weight is 230 g/mol. The molecule has 17 heavy (non-hydrogen) atoms. The number of aromatic nitrogens is 3. The molecule has 0 saturated heterocycles. The topological polar surface area (TPSA) is 66.0 Å². The Morgan fingerprint density at radius 3 is 3.00 bits per heavy atom. The van der Waals surface area contributed by atoms with Crippen molar-refractivity contribution in [2.75, 3.05) is 12.3 Å². The number of benzene rings is 1. The summed E-state index contributed by atoms with van der Waals surface area (Å²) in [6.07, 6.45) is 3.30. The molecule has 5 nitrogen and oxygen atoms in total. The van der Waals surface area contributed by atoms with Crippen LogP contribution in [0.5, 0.6) is 5.75 Å². The van der Waals surface area contributed by atoms with E-state index in [1.165, 1.54) is 0 Å². The number of rotatable bonds is 4. The Morgan fingerprint density at radius 2 is 2.35 bits per heavy atom. The molecule has 0 saturated carbocycles. The van der Waals surface area contributed by atoms with Gasteiger partial charge in [-0.05, 0) is 19.1 Å². The van der Waals surface area contributed by atoms with E-state index in [0.29, 0.717) is 23.9 Å². The van der Waals surface area contributed by atoms with E-state index in [4.69, 9.17) is 10.5 Å². The second-order valence-corrected chi connectivity index (χ2v) is 3.53. The molecular formula is C12H14N4O. The van der Waals surface area contributed by atoms with E-state index in [-0.39, 0.29) is 0 Å². The molecule has 1 aromatic carbocycles. The van der Waals surface area contributed by atoms with Crippen LogP contribution in [0.15, 0.2) is 37.2 Å². The molecule has 0 aliphatic carbocycles. The molecule has 1 aromatic heterocycles. The molecule has 0 unspecified atom stereocenters. The Kier molecular flexibility index (Phi) is 3.09. The minimum atomic E-state index is 0.398. The summed E-state index contributed by atoms with van der Waals surface area (Å²) in [6, 6.07) is 5.51. The van der Waals surface area contributed by atoms with E-state index >= 15 is 0 Å². The minimum absolute atomic E-state index is 0.398. The summed E-state index contributed by atoms with van der Waals surface area (Å²) in [5, 5.41) is 4.23. The summed E-state index contributed by atoms with van der Waals surface area (Å²) in [5.74, 6) is 1.29. The zero-order chi connectivity index (χ0) is 12.3. The molecule has 2 rings (SSSR count). The third-order valence-electron chi connectivity index (χ3n) is 2.22. The van der Waals surface area contributed by atoms with Crippen molar-refractivity contribution in [2.45, 2.75) is 6.92 Å². The van der Waals surface area contributed by atoms with Crippen LogP contribution >= 0.6 is 0 Å². The Balaban J connectivity index is 2.45. The van der Waals surface area contributed by atoms with Crippen molar-refractivity contribution in [3.63, 3.8) is 0 Å². The number of hydrogen-bond acceptors (Lipinski definition) is 4. The van der Waals surface area contributed by atoms with Crippen molar-refractivity contribution in [1.82, 2.24) is 14.8 Å². The van der Waals surface area contributed by atoms with Gasteiger partial charge in [0, 0.05) is 0 Å². The lowest BCUT2D eigenvalue weighted by molar-refractivity contribution is 0.363. The van der Waals surface area contributed by atoms with Gasteiger partial charge in [-0.3, -0.25) is 0 Å². The van der Waals surface area contributed by atoms with Crippen LogP contribution in [0.4, 0.5) is 5.69 Å². The molecule has 0 amide bonds. The Labute approximate surface area is 99.5 Å². The van der Waals surface area contributed by atoms with Gasteiger partial charge in [-0.2, -0.15) is 5.10 Å². The van der Waals surface area contributed by atoms with Gasteiger partial charge in [0.05, 0.1) is 5.69 Å². The molecule has 0 aliphatic heterocycles. The first kappa shape index (κ1) is 11.2. The molecule has 1 heterocycles. The van der Waals surface area contributed by atoms with Gasteiger partial charge < -0.3 is 10.5 Å². The number of nitrogens with zero attached hydrogens (tertiary/aromatic N) is 3. The second kappa shape index (κ2) is 4.69. The Hall–Kier alpha value is -2.30. The van der Waals surface area contributed by atoms with Crippen LogP contribution in [0.1, 0.15) is 5.82 Å². The summed E-state index contributed by atoms with van der Waals surface area (Å²) >= 11 is 0. The smallest absolute Gasteiger partial charge is 0.168 e. The number of anilines is 1. The SMILES string of the molecule is C=CCOc1c(N)cccc1-n1cnc(C)n1. The van der Waals surface area contributed by atoms with E-state index in [1.807, 2.05) is 19.1 Å². The van der Waals surface area contributed by atoms with Crippen LogP contribution in [0.3, 0.4) is 0 Å². The molecule has 2 aromatic rings. The molecule has 0 atom stereocenters. The molecule has 5 heteroatoms. The minimum Gasteiger partial charge on any atom is -0.485 e. The quantitative estimate of drug-likeness (QED) is 0.641. The van der Waals surface area contributed by atoms with Crippen molar-refractivity contribution in [3.8, 4) is 11.4 Å². The highest BCUT2D eigenvalue weighted by Crippen LogP contribution is 2.29. The number of ether oxygens (including phenoxy) is 1. The van der Waals surface area contributed by atoms with E-state index in [1.54, 1.807) is 23.2 Å². The zero-order valence-corrected chi connectivity index (χ0v) is 9.63. The van der Waals surface area contributed by atoms with Crippen LogP contribution in [0.2, 0.25) is 0 Å². The third kappa shape index (κ3) is 2.28. The summed E-state index contributed by atoms with van der Waals surface area (Å²) in [7, 11) is 0. The molecule has 0 aliphatic rings. The van der Waals surface area contributed by atoms with Crippen LogP contribution < -0.4 is 10.5 Å². The van der Waals surface area contributed by atoms with Gasteiger partial charge in [0.2, 0.25) is 0 Å². The van der Waals surface area contributed by atoms with E-state index in [2.05, 4.69) is 16.7 Å². The zero-order valence-electron chi connectivity index (χ0n) is 9.63. The molecule has 0 fully saturated rings. The highest BCUT2D eigenvalue weighted by Gasteiger charge is 2.10. The monoisotopic (exact) mass is 230 g/mol. The van der Waals surface area contributed by atoms with E-state index in [0.717, 1.165) is 5.69 Å². The van der Waals surface area contributed by atoms with Crippen LogP contribution in [-0.2, 0) is 0 Å². The first-order chi connectivity index (χ1) is 8.22. The fourth-order valence-corrected chi connectivity index (χ4v) is 1.48. The number of hydrogen-bond donors (Lipinski definition) is 1. The number of aryl methyl sites for hydroxylation is 1. The van der Waals surface area contributed by atoms with Gasteiger partial charge in [-0.15, -0.1) is 0 Å². The maximum absolute atomic E-state index is 5.89. The van der Waals surface area contributed by atoms with Gasteiger partial charge in [0.1, 0.15) is 24.4 Å². The standard InChI is InChI=1S/C12H14N4O/c1-3-7-17-12-10(13)5-4-6-11(12)16-8-14-9(2)15-16/h3-6,8H,1,7,13H2,2H3. The number of nitrogens with two attached hydrogens (primary N) is 1. The van der Waals surface area contributed by atoms with Crippen molar-refractivity contribution in [1.29, 1.82) is 0 Å². The van der Waals surface area contributed by atoms with Gasteiger partial charge in [-0.1, -0.05) is 18.7 Å². The first-order valence-electron chi connectivity index (χ1n) is 5.23. The molecule has 0 radical (unpaired) electrons. The van der Waals surface area contributed by atoms with Gasteiger partial charge in [-0.25, -0.2) is 9.67 Å². The van der Waals surface area contributed by atoms with Crippen molar-refractivity contribution < 1.29 is 4.74 Å². The van der Waals surface area contributed by atoms with E-state index < -0.39 is 0 Å². The van der Waals surface area contributed by atoms with Gasteiger partial charge >= 0.3 is 0 Å². The highest BCUT2D eigenvalue weighted by atomic mass is 16.5. The lowest BCUT2D eigenvalue weighted by Crippen LogP contribution is -2.04. The van der Waals surface area contributed by atoms with Crippen LogP contribution in [-0.4, -0.2) is 21.4 Å². The number of para-hydroxylation sites is 1. The average Bonchev–Trinajstić information content (AvgIpc) is 2.74. The molecule has 0 spiro atoms. The lowest BCUT2D eigenvalue weighted by Gasteiger charge is -2.11. The fourth-order valence-electron chi connectivity index (χ4n) is 1.48. The maximum Gasteiger partial charge on any atom is 0.168 e. The predicted octanol–water partition coefficient (Wildman–Crippen LogP) is 1.72. The Bertz CT molecular complexity index is 533. The van der Waals surface area contributed by atoms with Gasteiger partial charge in [0.25, 0.3) is 0 Å². The first-order valence-corrected chi connectivity index (χ1v) is 5.23. The summed E-state index contributed by atoms with van der Waals surface area (Å²) in [4.78, 5) is 4.08. The molecule has 2 N–H and O–H groups in total. The largest absolute Gasteiger partial charge is 0.485 e. The highest BCUT2D eigenvalue weighted by molar-refractivity contribution is 5.63. The molecular weight excluding hydrogens is 216 g/mol. The maximum atomic E-state index is 5.89. The summed E-state index contributed by atoms with van der Waals surface area (Å²) in [5.41, 5.74) is 7.22. The molecule has 0 bridgehead atoms. The predicted molar refractivity (Wildman–Crippen MR) is 66.2 cm³/mol. The second-order valence-electron chi connectivity index (χ2n) is 3.53. The summed E-state index contributed by atoms with van der Waals surface area (Å²) in [6.45, 7) is 5.84. The fraction of sp³-hybridized carbons (Fsp3) is 0.167. The lowest BCUT2D eigenvalue weighted by atomic mass is 10.2. The molecule has 88 valence electrons. The van der Waals surface area contributed by atoms with Crippen molar-refractivity contribution in [3.05, 3.63) is 43.0 Å². The number of nitrogen functional groups attached to an aromatic ring is 1. The normalized spacial score (nSPS) is 10.2. The Morgan fingerprint density at radius 1 is 1.53 bits per heavy atom. The van der Waals surface area contributed by atoms with Gasteiger partial charge in [0.15, 0.2) is 5.75 Å². The van der Waals surface area contributed by atoms with Crippen LogP contribution in [0.25, 0.3) is 5.69 Å². The van der Waals surface area contributed by atoms with Crippen LogP contribution in [0, 0.1) is 6.92 Å².